The molecule has 0 atom stereocenters. The van der Waals surface area contributed by atoms with Crippen molar-refractivity contribution in [1.82, 2.24) is 5.32 Å². The maximum Gasteiger partial charge on any atom is 0.0420 e. The van der Waals surface area contributed by atoms with E-state index in [4.69, 9.17) is 11.6 Å². The molecule has 0 unspecified atom stereocenters. The molecule has 3 aromatic carbocycles. The molecule has 0 aliphatic rings. The van der Waals surface area contributed by atoms with Crippen LogP contribution in [0.5, 0.6) is 0 Å². The standard InChI is InChI=1S/C20H22ClN3/c21-17-8-10-18(11-9-17)23-14-12-22-13-15-24-20-7-3-5-16-4-1-2-6-19(16)20/h1-11,22-24H,12-15H2. The molecule has 0 amide bonds. The lowest BCUT2D eigenvalue weighted by molar-refractivity contribution is 0.719. The summed E-state index contributed by atoms with van der Waals surface area (Å²) in [5.41, 5.74) is 2.28. The summed E-state index contributed by atoms with van der Waals surface area (Å²) in [4.78, 5) is 0. The van der Waals surface area contributed by atoms with Crippen molar-refractivity contribution in [3.63, 3.8) is 0 Å². The van der Waals surface area contributed by atoms with Crippen molar-refractivity contribution < 1.29 is 0 Å². The third kappa shape index (κ3) is 4.63. The number of hydrogen-bond donors (Lipinski definition) is 3. The molecule has 3 aromatic rings. The predicted octanol–water partition coefficient (Wildman–Crippen LogP) is 4.61. The van der Waals surface area contributed by atoms with Gasteiger partial charge in [0.1, 0.15) is 0 Å². The number of benzene rings is 3. The molecular weight excluding hydrogens is 318 g/mol. The van der Waals surface area contributed by atoms with Gasteiger partial charge >= 0.3 is 0 Å². The second kappa shape index (κ2) is 8.57. The summed E-state index contributed by atoms with van der Waals surface area (Å²) < 4.78 is 0. The zero-order valence-electron chi connectivity index (χ0n) is 13.6. The Bertz CT molecular complexity index is 766. The Morgan fingerprint density at radius 3 is 2.21 bits per heavy atom. The van der Waals surface area contributed by atoms with Gasteiger partial charge < -0.3 is 16.0 Å². The van der Waals surface area contributed by atoms with Gasteiger partial charge in [-0.3, -0.25) is 0 Å². The van der Waals surface area contributed by atoms with E-state index >= 15 is 0 Å². The maximum absolute atomic E-state index is 5.87. The van der Waals surface area contributed by atoms with Gasteiger partial charge in [-0.05, 0) is 35.7 Å². The molecule has 0 saturated heterocycles. The molecular formula is C20H22ClN3. The highest BCUT2D eigenvalue weighted by atomic mass is 35.5. The van der Waals surface area contributed by atoms with E-state index in [9.17, 15) is 0 Å². The largest absolute Gasteiger partial charge is 0.384 e. The van der Waals surface area contributed by atoms with Gasteiger partial charge in [-0.1, -0.05) is 48.0 Å². The van der Waals surface area contributed by atoms with Gasteiger partial charge in [0.05, 0.1) is 0 Å². The summed E-state index contributed by atoms with van der Waals surface area (Å²) in [6.45, 7) is 3.62. The summed E-state index contributed by atoms with van der Waals surface area (Å²) in [7, 11) is 0. The second-order valence-corrected chi connectivity index (χ2v) is 6.07. The minimum Gasteiger partial charge on any atom is -0.384 e. The Morgan fingerprint density at radius 2 is 1.38 bits per heavy atom. The normalized spacial score (nSPS) is 10.7. The maximum atomic E-state index is 5.87. The molecule has 3 rings (SSSR count). The van der Waals surface area contributed by atoms with Crippen LogP contribution in [-0.4, -0.2) is 26.2 Å². The fourth-order valence-corrected chi connectivity index (χ4v) is 2.78. The van der Waals surface area contributed by atoms with E-state index in [-0.39, 0.29) is 0 Å². The second-order valence-electron chi connectivity index (χ2n) is 5.64. The smallest absolute Gasteiger partial charge is 0.0420 e. The number of rotatable bonds is 8. The van der Waals surface area contributed by atoms with E-state index in [1.165, 1.54) is 16.5 Å². The summed E-state index contributed by atoms with van der Waals surface area (Å²) in [6, 6.07) is 22.6. The molecule has 3 nitrogen and oxygen atoms in total. The van der Waals surface area contributed by atoms with Crippen LogP contribution in [0.2, 0.25) is 5.02 Å². The fourth-order valence-electron chi connectivity index (χ4n) is 2.65. The third-order valence-electron chi connectivity index (χ3n) is 3.88. The summed E-state index contributed by atoms with van der Waals surface area (Å²) >= 11 is 5.87. The Morgan fingerprint density at radius 1 is 0.667 bits per heavy atom. The monoisotopic (exact) mass is 339 g/mol. The van der Waals surface area contributed by atoms with Crippen LogP contribution in [0.25, 0.3) is 10.8 Å². The third-order valence-corrected chi connectivity index (χ3v) is 4.13. The van der Waals surface area contributed by atoms with Crippen molar-refractivity contribution in [1.29, 1.82) is 0 Å². The van der Waals surface area contributed by atoms with Gasteiger partial charge in [-0.15, -0.1) is 0 Å². The first kappa shape index (κ1) is 16.6. The van der Waals surface area contributed by atoms with Crippen molar-refractivity contribution in [3.05, 3.63) is 71.8 Å². The van der Waals surface area contributed by atoms with Crippen LogP contribution >= 0.6 is 11.6 Å². The summed E-state index contributed by atoms with van der Waals surface area (Å²) in [6.07, 6.45) is 0. The fraction of sp³-hybridized carbons (Fsp3) is 0.200. The summed E-state index contributed by atoms with van der Waals surface area (Å²) in [5, 5.41) is 13.6. The quantitative estimate of drug-likeness (QED) is 0.525. The van der Waals surface area contributed by atoms with Crippen molar-refractivity contribution in [2.45, 2.75) is 0 Å². The van der Waals surface area contributed by atoms with Gasteiger partial charge in [0.15, 0.2) is 0 Å². The Hall–Kier alpha value is -2.23. The lowest BCUT2D eigenvalue weighted by Gasteiger charge is -2.11. The number of anilines is 2. The molecule has 0 radical (unpaired) electrons. The Kier molecular flexibility index (Phi) is 5.94. The first-order chi connectivity index (χ1) is 11.8. The molecule has 24 heavy (non-hydrogen) atoms. The van der Waals surface area contributed by atoms with Gasteiger partial charge in [0, 0.05) is 48.0 Å². The molecule has 0 aliphatic carbocycles. The minimum absolute atomic E-state index is 0.762. The molecule has 0 heterocycles. The zero-order valence-corrected chi connectivity index (χ0v) is 14.3. The van der Waals surface area contributed by atoms with E-state index in [0.717, 1.165) is 36.9 Å². The highest BCUT2D eigenvalue weighted by Crippen LogP contribution is 2.22. The highest BCUT2D eigenvalue weighted by Gasteiger charge is 1.98. The molecule has 3 N–H and O–H groups in total. The molecule has 124 valence electrons. The highest BCUT2D eigenvalue weighted by molar-refractivity contribution is 6.30. The lowest BCUT2D eigenvalue weighted by Crippen LogP contribution is -2.27. The van der Waals surface area contributed by atoms with E-state index in [0.29, 0.717) is 0 Å². The van der Waals surface area contributed by atoms with Crippen LogP contribution in [0.4, 0.5) is 11.4 Å². The molecule has 0 aliphatic heterocycles. The van der Waals surface area contributed by atoms with Crippen LogP contribution in [0, 0.1) is 0 Å². The topological polar surface area (TPSA) is 36.1 Å². The first-order valence-corrected chi connectivity index (χ1v) is 8.62. The first-order valence-electron chi connectivity index (χ1n) is 8.25. The summed E-state index contributed by atoms with van der Waals surface area (Å²) in [5.74, 6) is 0. The molecule has 0 fully saturated rings. The Labute approximate surface area is 148 Å². The number of hydrogen-bond acceptors (Lipinski definition) is 3. The van der Waals surface area contributed by atoms with Gasteiger partial charge in [-0.25, -0.2) is 0 Å². The zero-order chi connectivity index (χ0) is 16.6. The van der Waals surface area contributed by atoms with E-state index in [1.54, 1.807) is 0 Å². The number of halogens is 1. The molecule has 0 saturated carbocycles. The van der Waals surface area contributed by atoms with Crippen LogP contribution in [-0.2, 0) is 0 Å². The lowest BCUT2D eigenvalue weighted by atomic mass is 10.1. The molecule has 0 bridgehead atoms. The average molecular weight is 340 g/mol. The Balaban J connectivity index is 1.36. The van der Waals surface area contributed by atoms with E-state index in [1.807, 2.05) is 24.3 Å². The average Bonchev–Trinajstić information content (AvgIpc) is 2.62. The van der Waals surface area contributed by atoms with Crippen molar-refractivity contribution in [2.75, 3.05) is 36.8 Å². The van der Waals surface area contributed by atoms with Crippen molar-refractivity contribution in [3.8, 4) is 0 Å². The van der Waals surface area contributed by atoms with Crippen LogP contribution < -0.4 is 16.0 Å². The van der Waals surface area contributed by atoms with Crippen molar-refractivity contribution >= 4 is 33.7 Å². The SMILES string of the molecule is Clc1ccc(NCCNCCNc2cccc3ccccc23)cc1. The number of fused-ring (bicyclic) bond motifs is 1. The van der Waals surface area contributed by atoms with Crippen molar-refractivity contribution in [2.24, 2.45) is 0 Å². The number of nitrogens with one attached hydrogen (secondary N) is 3. The van der Waals surface area contributed by atoms with Gasteiger partial charge in [0.2, 0.25) is 0 Å². The minimum atomic E-state index is 0.762. The molecule has 4 heteroatoms. The van der Waals surface area contributed by atoms with Gasteiger partial charge in [0.25, 0.3) is 0 Å². The van der Waals surface area contributed by atoms with E-state index in [2.05, 4.69) is 58.4 Å². The van der Waals surface area contributed by atoms with E-state index < -0.39 is 0 Å². The van der Waals surface area contributed by atoms with Gasteiger partial charge in [-0.2, -0.15) is 0 Å². The molecule has 0 spiro atoms. The van der Waals surface area contributed by atoms with Crippen LogP contribution in [0.3, 0.4) is 0 Å². The van der Waals surface area contributed by atoms with Crippen LogP contribution in [0.1, 0.15) is 0 Å². The predicted molar refractivity (Wildman–Crippen MR) is 105 cm³/mol. The molecule has 0 aromatic heterocycles. The van der Waals surface area contributed by atoms with Crippen LogP contribution in [0.15, 0.2) is 66.7 Å².